The van der Waals surface area contributed by atoms with Crippen molar-refractivity contribution in [2.75, 3.05) is 13.2 Å². The number of ether oxygens (including phenoxy) is 2. The lowest BCUT2D eigenvalue weighted by Gasteiger charge is -2.18. The number of esters is 1. The smallest absolute Gasteiger partial charge is 0.387 e. The Morgan fingerprint density at radius 2 is 2.09 bits per heavy atom. The first-order valence-electron chi connectivity index (χ1n) is 10.7. The van der Waals surface area contributed by atoms with E-state index in [1.807, 2.05) is 12.3 Å². The van der Waals surface area contributed by atoms with E-state index in [9.17, 15) is 18.4 Å². The molecule has 1 aliphatic carbocycles. The van der Waals surface area contributed by atoms with E-state index in [1.54, 1.807) is 23.6 Å². The monoisotopic (exact) mass is 443 g/mol. The summed E-state index contributed by atoms with van der Waals surface area (Å²) in [6, 6.07) is 5.15. The molecular weight excluding hydrogens is 420 g/mol. The minimum absolute atomic E-state index is 0.00740. The van der Waals surface area contributed by atoms with Crippen LogP contribution in [-0.4, -0.2) is 34.9 Å². The molecule has 2 aromatic heterocycles. The molecule has 0 atom stereocenters. The number of carbonyl (C=O) groups excluding carboxylic acids is 1. The van der Waals surface area contributed by atoms with E-state index in [0.717, 1.165) is 37.2 Å². The Balaban J connectivity index is 1.77. The second kappa shape index (κ2) is 8.05. The molecule has 1 fully saturated rings. The molecular formula is C23H23F2N3O4. The fraction of sp³-hybridized carbons (Fsp3) is 0.391. The van der Waals surface area contributed by atoms with Gasteiger partial charge in [-0.3, -0.25) is 4.79 Å². The van der Waals surface area contributed by atoms with Gasteiger partial charge in [0.15, 0.2) is 5.75 Å². The van der Waals surface area contributed by atoms with Gasteiger partial charge >= 0.3 is 12.6 Å². The number of aromatic nitrogens is 2. The number of carbonyl (C=O) groups is 1. The van der Waals surface area contributed by atoms with Crippen molar-refractivity contribution < 1.29 is 23.0 Å². The molecule has 168 valence electrons. The molecule has 1 saturated carbocycles. The Kier molecular flexibility index (Phi) is 5.21. The third kappa shape index (κ3) is 3.56. The van der Waals surface area contributed by atoms with Gasteiger partial charge < -0.3 is 23.9 Å². The van der Waals surface area contributed by atoms with Crippen LogP contribution in [0.5, 0.6) is 5.75 Å². The number of nitrogens with one attached hydrogen (secondary N) is 1. The number of benzene rings is 1. The topological polar surface area (TPSA) is 74.5 Å². The highest BCUT2D eigenvalue weighted by atomic mass is 19.3. The van der Waals surface area contributed by atoms with Crippen molar-refractivity contribution in [3.05, 3.63) is 52.1 Å². The average Bonchev–Trinajstić information content (AvgIpc) is 3.52. The van der Waals surface area contributed by atoms with Gasteiger partial charge in [0.1, 0.15) is 5.56 Å². The van der Waals surface area contributed by atoms with E-state index in [0.29, 0.717) is 12.1 Å². The summed E-state index contributed by atoms with van der Waals surface area (Å²) in [5.74, 6) is -0.769. The molecule has 32 heavy (non-hydrogen) atoms. The van der Waals surface area contributed by atoms with Crippen molar-refractivity contribution in [2.24, 2.45) is 0 Å². The summed E-state index contributed by atoms with van der Waals surface area (Å²) in [5, 5.41) is 3.45. The average molecular weight is 443 g/mol. The van der Waals surface area contributed by atoms with Gasteiger partial charge in [-0.05, 0) is 38.0 Å². The minimum atomic E-state index is -3.06. The maximum absolute atomic E-state index is 13.5. The second-order valence-electron chi connectivity index (χ2n) is 8.04. The number of rotatable bonds is 6. The van der Waals surface area contributed by atoms with E-state index < -0.39 is 18.0 Å². The van der Waals surface area contributed by atoms with Crippen molar-refractivity contribution in [1.29, 1.82) is 0 Å². The zero-order valence-corrected chi connectivity index (χ0v) is 17.6. The first-order valence-corrected chi connectivity index (χ1v) is 10.7. The fourth-order valence-electron chi connectivity index (χ4n) is 4.32. The number of alkyl halides is 2. The number of fused-ring (bicyclic) bond motifs is 2. The third-order valence-corrected chi connectivity index (χ3v) is 5.92. The van der Waals surface area contributed by atoms with E-state index in [1.165, 1.54) is 6.20 Å². The number of hydrogen-bond acceptors (Lipinski definition) is 5. The SMILES string of the molecule is CCOC(=O)c1cn(C2CC2)c2c(OC(F)F)c(-c3cc4n(c3)CCNC4)ccc2c1=O. The molecule has 0 amide bonds. The Hall–Kier alpha value is -3.20. The van der Waals surface area contributed by atoms with Crippen LogP contribution in [-0.2, 0) is 17.8 Å². The van der Waals surface area contributed by atoms with Crippen LogP contribution in [0.25, 0.3) is 22.0 Å². The van der Waals surface area contributed by atoms with Crippen LogP contribution in [0.2, 0.25) is 0 Å². The first kappa shape index (κ1) is 20.7. The van der Waals surface area contributed by atoms with E-state index in [-0.39, 0.29) is 34.9 Å². The van der Waals surface area contributed by atoms with Crippen molar-refractivity contribution in [2.45, 2.75) is 45.5 Å². The van der Waals surface area contributed by atoms with Gasteiger partial charge in [0.2, 0.25) is 5.43 Å². The molecule has 3 aromatic rings. The third-order valence-electron chi connectivity index (χ3n) is 5.92. The van der Waals surface area contributed by atoms with E-state index in [4.69, 9.17) is 9.47 Å². The van der Waals surface area contributed by atoms with Crippen molar-refractivity contribution in [3.8, 4) is 16.9 Å². The standard InChI is InChI=1S/C23H23F2N3O4/c1-2-31-22(30)18-12-28(14-3-4-14)19-17(20(18)29)6-5-16(21(19)32-23(24)25)13-9-15-10-26-7-8-27(15)11-13/h5-6,9,11-12,14,23,26H,2-4,7-8,10H2,1H3. The summed E-state index contributed by atoms with van der Waals surface area (Å²) in [6.07, 6.45) is 4.99. The lowest BCUT2D eigenvalue weighted by Crippen LogP contribution is -2.27. The first-order chi connectivity index (χ1) is 15.5. The number of halogens is 2. The Labute approximate surface area is 182 Å². The summed E-state index contributed by atoms with van der Waals surface area (Å²) in [5.41, 5.74) is 1.90. The largest absolute Gasteiger partial charge is 0.462 e. The van der Waals surface area contributed by atoms with Gasteiger partial charge in [-0.15, -0.1) is 0 Å². The van der Waals surface area contributed by atoms with Crippen LogP contribution in [0.4, 0.5) is 8.78 Å². The van der Waals surface area contributed by atoms with Gasteiger partial charge in [-0.1, -0.05) is 0 Å². The predicted octanol–water partition coefficient (Wildman–Crippen LogP) is 3.69. The molecule has 0 unspecified atom stereocenters. The second-order valence-corrected chi connectivity index (χ2v) is 8.04. The van der Waals surface area contributed by atoms with Crippen LogP contribution in [0, 0.1) is 0 Å². The number of hydrogen-bond donors (Lipinski definition) is 1. The lowest BCUT2D eigenvalue weighted by molar-refractivity contribution is -0.0486. The summed E-state index contributed by atoms with van der Waals surface area (Å²) in [4.78, 5) is 25.5. The van der Waals surface area contributed by atoms with E-state index >= 15 is 0 Å². The summed E-state index contributed by atoms with van der Waals surface area (Å²) in [6.45, 7) is 1.03. The molecule has 9 heteroatoms. The normalized spacial score (nSPS) is 15.8. The molecule has 3 heterocycles. The molecule has 1 aromatic carbocycles. The highest BCUT2D eigenvalue weighted by Crippen LogP contribution is 2.43. The van der Waals surface area contributed by atoms with Crippen molar-refractivity contribution in [3.63, 3.8) is 0 Å². The quantitative estimate of drug-likeness (QED) is 0.589. The summed E-state index contributed by atoms with van der Waals surface area (Å²) < 4.78 is 40.9. The van der Waals surface area contributed by atoms with Crippen LogP contribution in [0.1, 0.15) is 41.9 Å². The minimum Gasteiger partial charge on any atom is -0.462 e. The van der Waals surface area contributed by atoms with Gasteiger partial charge in [0, 0.05) is 54.9 Å². The van der Waals surface area contributed by atoms with Gasteiger partial charge in [0.05, 0.1) is 17.5 Å². The maximum Gasteiger partial charge on any atom is 0.387 e. The lowest BCUT2D eigenvalue weighted by atomic mass is 10.0. The predicted molar refractivity (Wildman–Crippen MR) is 114 cm³/mol. The van der Waals surface area contributed by atoms with Gasteiger partial charge in [-0.2, -0.15) is 8.78 Å². The summed E-state index contributed by atoms with van der Waals surface area (Å²) >= 11 is 0. The van der Waals surface area contributed by atoms with Crippen molar-refractivity contribution >= 4 is 16.9 Å². The molecule has 7 nitrogen and oxygen atoms in total. The van der Waals surface area contributed by atoms with Crippen LogP contribution in [0.15, 0.2) is 35.4 Å². The zero-order valence-electron chi connectivity index (χ0n) is 17.6. The van der Waals surface area contributed by atoms with Gasteiger partial charge in [0.25, 0.3) is 0 Å². The highest BCUT2D eigenvalue weighted by Gasteiger charge is 2.30. The maximum atomic E-state index is 13.5. The fourth-order valence-corrected chi connectivity index (χ4v) is 4.32. The molecule has 2 aliphatic rings. The Morgan fingerprint density at radius 1 is 1.28 bits per heavy atom. The molecule has 1 aliphatic heterocycles. The Bertz CT molecular complexity index is 1240. The van der Waals surface area contributed by atoms with Crippen LogP contribution < -0.4 is 15.5 Å². The highest BCUT2D eigenvalue weighted by molar-refractivity contribution is 5.98. The molecule has 1 N–H and O–H groups in total. The molecule has 5 rings (SSSR count). The molecule has 0 spiro atoms. The Morgan fingerprint density at radius 3 is 2.78 bits per heavy atom. The van der Waals surface area contributed by atoms with Crippen molar-refractivity contribution in [1.82, 2.24) is 14.5 Å². The molecule has 0 bridgehead atoms. The van der Waals surface area contributed by atoms with Crippen LogP contribution in [0.3, 0.4) is 0 Å². The number of nitrogens with zero attached hydrogens (tertiary/aromatic N) is 2. The molecule has 0 saturated heterocycles. The zero-order chi connectivity index (χ0) is 22.4. The van der Waals surface area contributed by atoms with Crippen LogP contribution >= 0.6 is 0 Å². The number of pyridine rings is 1. The van der Waals surface area contributed by atoms with E-state index in [2.05, 4.69) is 9.88 Å². The van der Waals surface area contributed by atoms with Gasteiger partial charge in [-0.25, -0.2) is 4.79 Å². The molecule has 0 radical (unpaired) electrons. The summed E-state index contributed by atoms with van der Waals surface area (Å²) in [7, 11) is 0.